The molecule has 3 unspecified atom stereocenters. The summed E-state index contributed by atoms with van der Waals surface area (Å²) in [5.41, 5.74) is 3.30. The van der Waals surface area contributed by atoms with E-state index in [-0.39, 0.29) is 30.0 Å². The minimum atomic E-state index is 0.0628. The number of halogens is 1. The van der Waals surface area contributed by atoms with Gasteiger partial charge in [0, 0.05) is 0 Å². The monoisotopic (exact) mass is 556 g/mol. The summed E-state index contributed by atoms with van der Waals surface area (Å²) in [7, 11) is 0.139. The number of hydrogen-bond donors (Lipinski definition) is 0. The van der Waals surface area contributed by atoms with E-state index in [1.165, 1.54) is 5.70 Å². The average Bonchev–Trinajstić information content (AvgIpc) is 3.38. The Hall–Kier alpha value is -2.37. The van der Waals surface area contributed by atoms with Gasteiger partial charge in [-0.3, -0.25) is 0 Å². The molecule has 1 aliphatic heterocycles. The van der Waals surface area contributed by atoms with Crippen LogP contribution in [0.2, 0.25) is 0 Å². The van der Waals surface area contributed by atoms with Crippen molar-refractivity contribution in [3.63, 3.8) is 0 Å². The van der Waals surface area contributed by atoms with E-state index in [1.54, 1.807) is 4.73 Å². The fraction of sp³-hybridized carbons (Fsp3) is 0.192. The molecule has 1 aliphatic carbocycles. The number of aliphatic imine (C=N–C) groups is 1. The van der Waals surface area contributed by atoms with Crippen molar-refractivity contribution in [3.8, 4) is 0 Å². The molecule has 0 saturated carbocycles. The van der Waals surface area contributed by atoms with Crippen LogP contribution in [-0.4, -0.2) is 20.8 Å². The van der Waals surface area contributed by atoms with E-state index in [0.29, 0.717) is 16.5 Å². The predicted molar refractivity (Wildman–Crippen MR) is 133 cm³/mol. The molecule has 2 aliphatic rings. The quantitative estimate of drug-likeness (QED) is 0.206. The number of benzene rings is 1. The minimum absolute atomic E-state index is 0.0628. The summed E-state index contributed by atoms with van der Waals surface area (Å²) >= 11 is 0.0628. The van der Waals surface area contributed by atoms with Crippen LogP contribution in [0.3, 0.4) is 0 Å². The molecule has 6 heteroatoms. The van der Waals surface area contributed by atoms with E-state index in [2.05, 4.69) is 75.8 Å². The van der Waals surface area contributed by atoms with E-state index < -0.39 is 0 Å². The molecular weight excluding hydrogens is 528 g/mol. The third kappa shape index (κ3) is 6.33. The van der Waals surface area contributed by atoms with Crippen LogP contribution in [0.15, 0.2) is 118 Å². The summed E-state index contributed by atoms with van der Waals surface area (Å²) in [6, 6.07) is 14.4. The van der Waals surface area contributed by atoms with Gasteiger partial charge < -0.3 is 0 Å². The number of allylic oxidation sites excluding steroid dienone is 8. The van der Waals surface area contributed by atoms with E-state index in [4.69, 9.17) is 9.62 Å². The molecule has 0 spiro atoms. The van der Waals surface area contributed by atoms with Gasteiger partial charge >= 0.3 is 191 Å². The van der Waals surface area contributed by atoms with Crippen LogP contribution < -0.4 is 30.7 Å². The molecule has 4 rings (SSSR count). The summed E-state index contributed by atoms with van der Waals surface area (Å²) in [4.78, 5) is 7.24. The third-order valence-corrected chi connectivity index (χ3v) is 8.94. The normalized spacial score (nSPS) is 21.2. The summed E-state index contributed by atoms with van der Waals surface area (Å²) in [5.74, 6) is 0.549. The smallest absolute Gasteiger partial charge is 0.0408 e. The zero-order chi connectivity index (χ0) is 22.0. The number of aromatic nitrogens is 1. The van der Waals surface area contributed by atoms with Gasteiger partial charge in [0.1, 0.15) is 0 Å². The Morgan fingerprint density at radius 1 is 1.22 bits per heavy atom. The second-order valence-electron chi connectivity index (χ2n) is 7.35. The number of nitrogens with zero attached hydrogens (tertiary/aromatic N) is 3. The fourth-order valence-electron chi connectivity index (χ4n) is 3.53. The average molecular weight is 556 g/mol. The first-order valence-electron chi connectivity index (χ1n) is 10.7. The Bertz CT molecular complexity index is 1040. The van der Waals surface area contributed by atoms with Gasteiger partial charge in [0.15, 0.2) is 0 Å². The summed E-state index contributed by atoms with van der Waals surface area (Å²) < 4.78 is 10.6. The predicted octanol–water partition coefficient (Wildman–Crippen LogP) is 2.95. The Morgan fingerprint density at radius 3 is 2.81 bits per heavy atom. The molecule has 0 N–H and O–H groups in total. The van der Waals surface area contributed by atoms with Gasteiger partial charge in [-0.15, -0.1) is 0 Å². The van der Waals surface area contributed by atoms with Crippen LogP contribution in [0, 0.1) is 5.92 Å². The maximum absolute atomic E-state index is 5.85. The van der Waals surface area contributed by atoms with Crippen molar-refractivity contribution in [3.05, 3.63) is 113 Å². The first-order chi connectivity index (χ1) is 15.8. The standard InChI is InChI=1S/C26H28IN3OP/c1-2-11-26(32-31-29-18-8-9-19-29)28-21-30(23-13-4-3-5-14-23)24-15-10-12-22(20-24)25-16-6-7-17-27-25/h2-11,13-20,22,25,32H,12,21H2,1H3/q-1/b11-2-,28-26?. The van der Waals surface area contributed by atoms with Crippen molar-refractivity contribution >= 4 is 19.9 Å². The van der Waals surface area contributed by atoms with Crippen LogP contribution in [0.25, 0.3) is 0 Å². The zero-order valence-electron chi connectivity index (χ0n) is 18.1. The maximum atomic E-state index is 5.85. The van der Waals surface area contributed by atoms with Gasteiger partial charge in [0.2, 0.25) is 0 Å². The number of alkyl halides is 1. The SMILES string of the molecule is C/C=C\C(=NCN(C1=CC(C2C=CC=C[I-]2)CC=C1)c1ccccc1)POn1cccc1. The molecular formula is C26H28IN3OP-. The first-order valence-corrected chi connectivity index (χ1v) is 14.1. The van der Waals surface area contributed by atoms with Crippen LogP contribution in [-0.2, 0) is 0 Å². The van der Waals surface area contributed by atoms with Crippen LogP contribution in [0.4, 0.5) is 5.69 Å². The molecule has 2 aromatic rings. The molecule has 2 heterocycles. The third-order valence-electron chi connectivity index (χ3n) is 5.11. The zero-order valence-corrected chi connectivity index (χ0v) is 21.2. The molecule has 4 nitrogen and oxygen atoms in total. The van der Waals surface area contributed by atoms with Crippen LogP contribution in [0.5, 0.6) is 0 Å². The molecule has 0 bridgehead atoms. The summed E-state index contributed by atoms with van der Waals surface area (Å²) in [6.07, 6.45) is 22.7. The van der Waals surface area contributed by atoms with E-state index in [0.717, 1.165) is 17.6 Å². The number of para-hydroxylation sites is 1. The van der Waals surface area contributed by atoms with Crippen LogP contribution in [0.1, 0.15) is 13.3 Å². The van der Waals surface area contributed by atoms with Crippen molar-refractivity contribution in [2.24, 2.45) is 10.9 Å². The van der Waals surface area contributed by atoms with Crippen molar-refractivity contribution in [2.75, 3.05) is 11.6 Å². The molecule has 1 aromatic heterocycles. The topological polar surface area (TPSA) is 29.8 Å². The number of rotatable bonds is 9. The van der Waals surface area contributed by atoms with Gasteiger partial charge in [-0.2, -0.15) is 0 Å². The molecule has 0 amide bonds. The Morgan fingerprint density at radius 2 is 2.06 bits per heavy atom. The molecule has 3 atom stereocenters. The van der Waals surface area contributed by atoms with Crippen molar-refractivity contribution in [2.45, 2.75) is 17.3 Å². The Balaban J connectivity index is 1.55. The Kier molecular flexibility index (Phi) is 8.57. The molecule has 0 radical (unpaired) electrons. The van der Waals surface area contributed by atoms with Crippen molar-refractivity contribution < 1.29 is 25.8 Å². The van der Waals surface area contributed by atoms with Crippen molar-refractivity contribution in [1.82, 2.24) is 4.73 Å². The molecule has 166 valence electrons. The second-order valence-corrected chi connectivity index (χ2v) is 11.1. The minimum Gasteiger partial charge on any atom is -0.0408 e. The number of anilines is 1. The van der Waals surface area contributed by atoms with E-state index >= 15 is 0 Å². The molecule has 0 fully saturated rings. The van der Waals surface area contributed by atoms with Gasteiger partial charge in [-0.1, -0.05) is 0 Å². The van der Waals surface area contributed by atoms with Crippen molar-refractivity contribution in [1.29, 1.82) is 0 Å². The molecule has 1 aromatic carbocycles. The van der Waals surface area contributed by atoms with Gasteiger partial charge in [-0.05, 0) is 12.1 Å². The van der Waals surface area contributed by atoms with Gasteiger partial charge in [0.05, 0.1) is 0 Å². The van der Waals surface area contributed by atoms with Crippen LogP contribution >= 0.6 is 8.81 Å². The molecule has 0 saturated heterocycles. The number of hydrogen-bond acceptors (Lipinski definition) is 3. The molecule has 32 heavy (non-hydrogen) atoms. The van der Waals surface area contributed by atoms with Gasteiger partial charge in [0.25, 0.3) is 0 Å². The van der Waals surface area contributed by atoms with Gasteiger partial charge in [-0.25, -0.2) is 0 Å². The summed E-state index contributed by atoms with van der Waals surface area (Å²) in [5, 5.41) is 0. The Labute approximate surface area is 202 Å². The first kappa shape index (κ1) is 22.8. The second kappa shape index (κ2) is 12.0. The fourth-order valence-corrected chi connectivity index (χ4v) is 6.69. The van der Waals surface area contributed by atoms with E-state index in [9.17, 15) is 0 Å². The van der Waals surface area contributed by atoms with E-state index in [1.807, 2.05) is 43.6 Å². The summed E-state index contributed by atoms with van der Waals surface area (Å²) in [6.45, 7) is 2.56.